The van der Waals surface area contributed by atoms with E-state index in [2.05, 4.69) is 20.9 Å². The quantitative estimate of drug-likeness (QED) is 0.672. The number of aromatic nitrogens is 1. The van der Waals surface area contributed by atoms with Crippen molar-refractivity contribution >= 4 is 26.5 Å². The van der Waals surface area contributed by atoms with Crippen LogP contribution in [0.1, 0.15) is 17.2 Å². The zero-order chi connectivity index (χ0) is 17.7. The molecule has 2 heterocycles. The number of benzene rings is 1. The van der Waals surface area contributed by atoms with Crippen LogP contribution in [0.5, 0.6) is 11.5 Å². The highest BCUT2D eigenvalue weighted by atomic mass is 79.9. The number of hydrogen-bond donors (Lipinski definition) is 3. The van der Waals surface area contributed by atoms with Gasteiger partial charge in [0.25, 0.3) is 0 Å². The van der Waals surface area contributed by atoms with E-state index in [0.29, 0.717) is 0 Å². The topological polar surface area (TPSA) is 107 Å². The summed E-state index contributed by atoms with van der Waals surface area (Å²) in [6.07, 6.45) is 0.252. The average molecular weight is 419 g/mol. The predicted molar refractivity (Wildman–Crippen MR) is 84.2 cm³/mol. The van der Waals surface area contributed by atoms with E-state index in [1.54, 1.807) is 0 Å². The van der Waals surface area contributed by atoms with Crippen molar-refractivity contribution in [3.8, 4) is 17.6 Å². The van der Waals surface area contributed by atoms with Gasteiger partial charge in [-0.05, 0) is 28.1 Å². The van der Waals surface area contributed by atoms with Crippen LogP contribution in [-0.4, -0.2) is 24.5 Å². The van der Waals surface area contributed by atoms with E-state index in [4.69, 9.17) is 10.00 Å². The Morgan fingerprint density at radius 1 is 1.33 bits per heavy atom. The Hall–Kier alpha value is -1.77. The number of nitriles is 1. The van der Waals surface area contributed by atoms with Crippen LogP contribution in [0.15, 0.2) is 40.0 Å². The molecule has 0 radical (unpaired) electrons. The lowest BCUT2D eigenvalue weighted by Crippen LogP contribution is -2.26. The largest absolute Gasteiger partial charge is 0.455 e. The van der Waals surface area contributed by atoms with Gasteiger partial charge in [-0.25, -0.2) is 0 Å². The fourth-order valence-corrected chi connectivity index (χ4v) is 4.55. The third-order valence-corrected chi connectivity index (χ3v) is 6.22. The Bertz CT molecular complexity index is 872. The standard InChI is InChI=1S/C14H9BrF2N2O4S/c15-12-9(23-8-3-7(4-18)5-19-6-8)1-2-10-11(12)13(20)14(16,17)24(10,21)22/h1-3,5-6,13,20-22H/t13-/m1/s1. The molecular formula is C14H9BrF2N2O4S. The van der Waals surface area contributed by atoms with Crippen molar-refractivity contribution < 1.29 is 27.7 Å². The first-order chi connectivity index (χ1) is 11.2. The highest BCUT2D eigenvalue weighted by molar-refractivity contribution is 9.10. The summed E-state index contributed by atoms with van der Waals surface area (Å²) in [4.78, 5) is 3.37. The monoisotopic (exact) mass is 418 g/mol. The highest BCUT2D eigenvalue weighted by Gasteiger charge is 2.61. The third-order valence-electron chi connectivity index (χ3n) is 3.45. The molecule has 1 atom stereocenters. The zero-order valence-electron chi connectivity index (χ0n) is 11.7. The molecule has 6 nitrogen and oxygen atoms in total. The predicted octanol–water partition coefficient (Wildman–Crippen LogP) is 4.26. The van der Waals surface area contributed by atoms with Crippen LogP contribution in [0.3, 0.4) is 0 Å². The lowest BCUT2D eigenvalue weighted by molar-refractivity contribution is -0.0436. The van der Waals surface area contributed by atoms with Crippen molar-refractivity contribution in [2.45, 2.75) is 16.3 Å². The van der Waals surface area contributed by atoms with Gasteiger partial charge in [-0.2, -0.15) is 14.0 Å². The number of aliphatic hydroxyl groups excluding tert-OH is 1. The molecule has 24 heavy (non-hydrogen) atoms. The van der Waals surface area contributed by atoms with Crippen molar-refractivity contribution in [3.63, 3.8) is 0 Å². The molecule has 3 rings (SSSR count). The van der Waals surface area contributed by atoms with Gasteiger partial charge in [-0.15, -0.1) is 10.6 Å². The molecule has 126 valence electrons. The van der Waals surface area contributed by atoms with Gasteiger partial charge in [-0.1, -0.05) is 0 Å². The number of fused-ring (bicyclic) bond motifs is 1. The number of rotatable bonds is 2. The number of pyridine rings is 1. The van der Waals surface area contributed by atoms with Crippen LogP contribution in [0.25, 0.3) is 0 Å². The second-order valence-electron chi connectivity index (χ2n) is 4.93. The number of aliphatic hydroxyl groups is 1. The fraction of sp³-hybridized carbons (Fsp3) is 0.143. The molecule has 0 saturated heterocycles. The molecular weight excluding hydrogens is 410 g/mol. The molecule has 1 aromatic heterocycles. The fourth-order valence-electron chi connectivity index (χ4n) is 2.27. The van der Waals surface area contributed by atoms with Crippen molar-refractivity contribution in [3.05, 3.63) is 46.2 Å². The summed E-state index contributed by atoms with van der Waals surface area (Å²) >= 11 is 3.06. The first-order valence-electron chi connectivity index (χ1n) is 6.39. The van der Waals surface area contributed by atoms with E-state index in [-0.39, 0.29) is 27.1 Å². The SMILES string of the molecule is N#Cc1cncc(Oc2ccc3c(c2Br)[C@@H](O)C(F)(F)S3(O)O)c1. The van der Waals surface area contributed by atoms with Gasteiger partial charge in [-0.3, -0.25) is 14.1 Å². The summed E-state index contributed by atoms with van der Waals surface area (Å²) < 4.78 is 52.8. The van der Waals surface area contributed by atoms with E-state index in [1.807, 2.05) is 6.07 Å². The number of hydrogen-bond acceptors (Lipinski definition) is 6. The molecule has 1 aliphatic heterocycles. The first-order valence-corrected chi connectivity index (χ1v) is 8.73. The number of ether oxygens (including phenoxy) is 1. The maximum Gasteiger partial charge on any atom is 0.371 e. The molecule has 0 spiro atoms. The van der Waals surface area contributed by atoms with E-state index in [0.717, 1.165) is 6.07 Å². The number of alkyl halides is 2. The smallest absolute Gasteiger partial charge is 0.371 e. The Morgan fingerprint density at radius 3 is 2.71 bits per heavy atom. The summed E-state index contributed by atoms with van der Waals surface area (Å²) in [7, 11) is -4.48. The van der Waals surface area contributed by atoms with Gasteiger partial charge in [0.15, 0.2) is 6.10 Å². The van der Waals surface area contributed by atoms with Gasteiger partial charge < -0.3 is 9.84 Å². The Labute approximate surface area is 144 Å². The van der Waals surface area contributed by atoms with E-state index < -0.39 is 26.8 Å². The summed E-state index contributed by atoms with van der Waals surface area (Å²) in [6, 6.07) is 5.60. The highest BCUT2D eigenvalue weighted by Crippen LogP contribution is 2.73. The van der Waals surface area contributed by atoms with Crippen molar-refractivity contribution in [2.24, 2.45) is 0 Å². The number of halogens is 3. The lowest BCUT2D eigenvalue weighted by Gasteiger charge is -2.34. The summed E-state index contributed by atoms with van der Waals surface area (Å²) in [5.41, 5.74) is -0.104. The van der Waals surface area contributed by atoms with E-state index >= 15 is 0 Å². The minimum atomic E-state index is -4.48. The summed E-state index contributed by atoms with van der Waals surface area (Å²) in [6.45, 7) is 0. The van der Waals surface area contributed by atoms with E-state index in [1.165, 1.54) is 24.5 Å². The minimum Gasteiger partial charge on any atom is -0.455 e. The van der Waals surface area contributed by atoms with E-state index in [9.17, 15) is 23.0 Å². The Morgan fingerprint density at radius 2 is 2.04 bits per heavy atom. The maximum atomic E-state index is 13.9. The molecule has 2 aromatic rings. The lowest BCUT2D eigenvalue weighted by atomic mass is 10.1. The molecule has 1 aromatic carbocycles. The van der Waals surface area contributed by atoms with Gasteiger partial charge in [0.1, 0.15) is 17.6 Å². The maximum absolute atomic E-state index is 13.9. The van der Waals surface area contributed by atoms with Crippen LogP contribution in [0.2, 0.25) is 0 Å². The zero-order valence-corrected chi connectivity index (χ0v) is 14.1. The van der Waals surface area contributed by atoms with Crippen LogP contribution in [0, 0.1) is 11.3 Å². The molecule has 10 heteroatoms. The number of nitrogens with zero attached hydrogens (tertiary/aromatic N) is 2. The Kier molecular flexibility index (Phi) is 4.01. The molecule has 0 saturated carbocycles. The second-order valence-corrected chi connectivity index (χ2v) is 7.80. The second kappa shape index (κ2) is 5.65. The molecule has 1 aliphatic rings. The van der Waals surface area contributed by atoms with Crippen LogP contribution >= 0.6 is 26.5 Å². The van der Waals surface area contributed by atoms with Crippen molar-refractivity contribution in [2.75, 3.05) is 0 Å². The molecule has 0 fully saturated rings. The van der Waals surface area contributed by atoms with Crippen LogP contribution in [-0.2, 0) is 0 Å². The van der Waals surface area contributed by atoms with Gasteiger partial charge in [0.2, 0.25) is 0 Å². The first kappa shape index (κ1) is 17.1. The summed E-state index contributed by atoms with van der Waals surface area (Å²) in [5, 5.41) is 14.5. The van der Waals surface area contributed by atoms with Gasteiger partial charge in [0.05, 0.1) is 21.1 Å². The minimum absolute atomic E-state index is 0.0352. The third kappa shape index (κ3) is 2.37. The van der Waals surface area contributed by atoms with Gasteiger partial charge >= 0.3 is 5.25 Å². The Balaban J connectivity index is 2.06. The summed E-state index contributed by atoms with van der Waals surface area (Å²) in [5.74, 6) is 0.234. The average Bonchev–Trinajstić information content (AvgIpc) is 2.68. The van der Waals surface area contributed by atoms with Gasteiger partial charge in [0, 0.05) is 17.8 Å². The molecule has 0 bridgehead atoms. The van der Waals surface area contributed by atoms with Crippen LogP contribution < -0.4 is 4.74 Å². The van der Waals surface area contributed by atoms with Crippen molar-refractivity contribution in [1.29, 1.82) is 5.26 Å². The molecule has 0 aliphatic carbocycles. The van der Waals surface area contributed by atoms with Crippen molar-refractivity contribution in [1.82, 2.24) is 4.98 Å². The normalized spacial score (nSPS) is 21.6. The molecule has 0 amide bonds. The van der Waals surface area contributed by atoms with Crippen LogP contribution in [0.4, 0.5) is 8.78 Å². The molecule has 3 N–H and O–H groups in total. The molecule has 0 unspecified atom stereocenters.